The number of rotatable bonds is 11. The van der Waals surface area contributed by atoms with Gasteiger partial charge in [0.2, 0.25) is 5.91 Å². The Morgan fingerprint density at radius 3 is 2.28 bits per heavy atom. The lowest BCUT2D eigenvalue weighted by Crippen LogP contribution is -2.14. The van der Waals surface area contributed by atoms with E-state index >= 15 is 0 Å². The van der Waals surface area contributed by atoms with E-state index in [9.17, 15) is 10.1 Å². The summed E-state index contributed by atoms with van der Waals surface area (Å²) in [6, 6.07) is 37.3. The first-order chi connectivity index (χ1) is 21.0. The molecule has 43 heavy (non-hydrogen) atoms. The standard InChI is InChI=1S/C36H31N3O3S/c1-3-41-34-20-28(16-19-33(34)42-23-26-10-6-4-7-11-26)30-21-32(27-12-8-5-9-13-27)39-36(31(30)22-37)43-24-35(40)38-29-17-14-25(2)15-18-29/h4-21H,3,23-24H2,1-2H3,(H,38,40). The van der Waals surface area contributed by atoms with Crippen molar-refractivity contribution < 1.29 is 14.3 Å². The van der Waals surface area contributed by atoms with Gasteiger partial charge in [-0.05, 0) is 55.3 Å². The van der Waals surface area contributed by atoms with Gasteiger partial charge in [0.1, 0.15) is 17.7 Å². The van der Waals surface area contributed by atoms with Gasteiger partial charge in [-0.25, -0.2) is 4.98 Å². The summed E-state index contributed by atoms with van der Waals surface area (Å²) in [7, 11) is 0. The number of nitriles is 1. The van der Waals surface area contributed by atoms with Crippen molar-refractivity contribution in [1.82, 2.24) is 4.98 Å². The van der Waals surface area contributed by atoms with Crippen molar-refractivity contribution in [3.8, 4) is 40.0 Å². The van der Waals surface area contributed by atoms with Crippen LogP contribution < -0.4 is 14.8 Å². The highest BCUT2D eigenvalue weighted by Gasteiger charge is 2.19. The van der Waals surface area contributed by atoms with Crippen LogP contribution in [-0.4, -0.2) is 23.3 Å². The number of hydrogen-bond donors (Lipinski definition) is 1. The Kier molecular flexibility index (Phi) is 9.73. The number of amides is 1. The number of nitrogens with zero attached hydrogens (tertiary/aromatic N) is 2. The minimum atomic E-state index is -0.176. The number of nitrogens with one attached hydrogen (secondary N) is 1. The Balaban J connectivity index is 1.48. The van der Waals surface area contributed by atoms with Crippen molar-refractivity contribution in [2.75, 3.05) is 17.7 Å². The van der Waals surface area contributed by atoms with Crippen LogP contribution in [0.25, 0.3) is 22.4 Å². The Hall–Kier alpha value is -5.06. The third-order valence-electron chi connectivity index (χ3n) is 6.63. The molecule has 0 atom stereocenters. The molecule has 6 nitrogen and oxygen atoms in total. The molecule has 7 heteroatoms. The molecule has 0 aliphatic rings. The quantitative estimate of drug-likeness (QED) is 0.157. The SMILES string of the molecule is CCOc1cc(-c2cc(-c3ccccc3)nc(SCC(=O)Nc3ccc(C)cc3)c2C#N)ccc1OCc1ccccc1. The van der Waals surface area contributed by atoms with Crippen LogP contribution in [0.2, 0.25) is 0 Å². The van der Waals surface area contributed by atoms with Gasteiger partial charge >= 0.3 is 0 Å². The van der Waals surface area contributed by atoms with Crippen LogP contribution in [0.5, 0.6) is 11.5 Å². The van der Waals surface area contributed by atoms with Crippen molar-refractivity contribution in [2.45, 2.75) is 25.5 Å². The normalized spacial score (nSPS) is 10.5. The lowest BCUT2D eigenvalue weighted by atomic mass is 9.99. The Morgan fingerprint density at radius 1 is 0.860 bits per heavy atom. The van der Waals surface area contributed by atoms with E-state index in [-0.39, 0.29) is 11.7 Å². The highest BCUT2D eigenvalue weighted by molar-refractivity contribution is 8.00. The van der Waals surface area contributed by atoms with E-state index in [0.717, 1.165) is 27.9 Å². The molecule has 0 bridgehead atoms. The van der Waals surface area contributed by atoms with Crippen LogP contribution in [0.1, 0.15) is 23.6 Å². The monoisotopic (exact) mass is 585 g/mol. The number of carbonyl (C=O) groups excluding carboxylic acids is 1. The Morgan fingerprint density at radius 2 is 1.58 bits per heavy atom. The van der Waals surface area contributed by atoms with E-state index in [2.05, 4.69) is 11.4 Å². The van der Waals surface area contributed by atoms with Crippen LogP contribution >= 0.6 is 11.8 Å². The van der Waals surface area contributed by atoms with Crippen LogP contribution in [0.15, 0.2) is 114 Å². The summed E-state index contributed by atoms with van der Waals surface area (Å²) < 4.78 is 12.1. The van der Waals surface area contributed by atoms with Crippen LogP contribution in [0, 0.1) is 18.3 Å². The molecule has 1 N–H and O–H groups in total. The van der Waals surface area contributed by atoms with Crippen molar-refractivity contribution >= 4 is 23.4 Å². The summed E-state index contributed by atoms with van der Waals surface area (Å²) in [6.45, 7) is 4.78. The molecular weight excluding hydrogens is 554 g/mol. The Labute approximate surface area is 256 Å². The predicted molar refractivity (Wildman–Crippen MR) is 172 cm³/mol. The average molecular weight is 586 g/mol. The number of pyridine rings is 1. The van der Waals surface area contributed by atoms with Gasteiger partial charge in [-0.3, -0.25) is 4.79 Å². The first-order valence-corrected chi connectivity index (χ1v) is 15.0. The minimum Gasteiger partial charge on any atom is -0.490 e. The van der Waals surface area contributed by atoms with Gasteiger partial charge in [-0.15, -0.1) is 0 Å². The number of thioether (sulfide) groups is 1. The first-order valence-electron chi connectivity index (χ1n) is 14.0. The minimum absolute atomic E-state index is 0.101. The molecule has 0 saturated carbocycles. The fourth-order valence-electron chi connectivity index (χ4n) is 4.48. The maximum absolute atomic E-state index is 12.8. The number of anilines is 1. The molecule has 0 aliphatic carbocycles. The summed E-state index contributed by atoms with van der Waals surface area (Å²) in [5, 5.41) is 13.7. The second-order valence-corrected chi connectivity index (χ2v) is 10.7. The average Bonchev–Trinajstić information content (AvgIpc) is 3.05. The lowest BCUT2D eigenvalue weighted by molar-refractivity contribution is -0.113. The first kappa shape index (κ1) is 29.4. The molecule has 0 saturated heterocycles. The number of ether oxygens (including phenoxy) is 2. The molecule has 1 aromatic heterocycles. The lowest BCUT2D eigenvalue weighted by Gasteiger charge is -2.16. The summed E-state index contributed by atoms with van der Waals surface area (Å²) in [4.78, 5) is 17.7. The zero-order valence-electron chi connectivity index (χ0n) is 24.0. The van der Waals surface area contributed by atoms with Crippen LogP contribution in [0.3, 0.4) is 0 Å². The topological polar surface area (TPSA) is 84.2 Å². The van der Waals surface area contributed by atoms with E-state index in [1.165, 1.54) is 11.8 Å². The van der Waals surface area contributed by atoms with Crippen LogP contribution in [0.4, 0.5) is 5.69 Å². The molecule has 0 spiro atoms. The zero-order valence-corrected chi connectivity index (χ0v) is 24.9. The number of hydrogen-bond acceptors (Lipinski definition) is 6. The third-order valence-corrected chi connectivity index (χ3v) is 7.61. The van der Waals surface area contributed by atoms with Crippen LogP contribution in [-0.2, 0) is 11.4 Å². The molecule has 5 aromatic rings. The van der Waals surface area contributed by atoms with E-state index in [4.69, 9.17) is 14.5 Å². The molecule has 0 fully saturated rings. The van der Waals surface area contributed by atoms with Gasteiger partial charge in [-0.2, -0.15) is 5.26 Å². The van der Waals surface area contributed by atoms with Gasteiger partial charge in [-0.1, -0.05) is 96.2 Å². The van der Waals surface area contributed by atoms with Crippen molar-refractivity contribution in [2.24, 2.45) is 0 Å². The molecule has 0 aliphatic heterocycles. The van der Waals surface area contributed by atoms with Crippen molar-refractivity contribution in [3.63, 3.8) is 0 Å². The Bertz CT molecular complexity index is 1730. The predicted octanol–water partition coefficient (Wildman–Crippen LogP) is 8.30. The van der Waals surface area contributed by atoms with Gasteiger partial charge in [0.05, 0.1) is 23.6 Å². The second-order valence-electron chi connectivity index (χ2n) is 9.78. The molecule has 4 aromatic carbocycles. The summed E-state index contributed by atoms with van der Waals surface area (Å²) in [6.07, 6.45) is 0. The molecule has 0 unspecified atom stereocenters. The fraction of sp³-hybridized carbons (Fsp3) is 0.139. The highest BCUT2D eigenvalue weighted by atomic mass is 32.2. The largest absolute Gasteiger partial charge is 0.490 e. The molecule has 5 rings (SSSR count). The van der Waals surface area contributed by atoms with Gasteiger partial charge in [0.15, 0.2) is 11.5 Å². The molecule has 214 valence electrons. The van der Waals surface area contributed by atoms with E-state index in [0.29, 0.717) is 46.6 Å². The fourth-order valence-corrected chi connectivity index (χ4v) is 5.29. The number of benzene rings is 4. The van der Waals surface area contributed by atoms with Gasteiger partial charge in [0, 0.05) is 16.8 Å². The van der Waals surface area contributed by atoms with E-state index in [1.54, 1.807) is 0 Å². The molecule has 1 heterocycles. The summed E-state index contributed by atoms with van der Waals surface area (Å²) >= 11 is 1.24. The maximum Gasteiger partial charge on any atom is 0.234 e. The smallest absolute Gasteiger partial charge is 0.234 e. The number of aryl methyl sites for hydroxylation is 1. The summed E-state index contributed by atoms with van der Waals surface area (Å²) in [5.74, 6) is 1.13. The third kappa shape index (κ3) is 7.62. The maximum atomic E-state index is 12.8. The molecule has 0 radical (unpaired) electrons. The number of aromatic nitrogens is 1. The van der Waals surface area contributed by atoms with Gasteiger partial charge < -0.3 is 14.8 Å². The van der Waals surface area contributed by atoms with Gasteiger partial charge in [0.25, 0.3) is 0 Å². The zero-order chi connectivity index (χ0) is 30.0. The van der Waals surface area contributed by atoms with E-state index in [1.807, 2.05) is 123 Å². The molecular formula is C36H31N3O3S. The second kappa shape index (κ2) is 14.2. The molecule has 1 amide bonds. The van der Waals surface area contributed by atoms with Crippen molar-refractivity contribution in [3.05, 3.63) is 126 Å². The van der Waals surface area contributed by atoms with Crippen molar-refractivity contribution in [1.29, 1.82) is 5.26 Å². The van der Waals surface area contributed by atoms with E-state index < -0.39 is 0 Å². The highest BCUT2D eigenvalue weighted by Crippen LogP contribution is 2.38. The summed E-state index contributed by atoms with van der Waals surface area (Å²) in [5.41, 5.74) is 6.39. The number of carbonyl (C=O) groups is 1.